The summed E-state index contributed by atoms with van der Waals surface area (Å²) < 4.78 is 0. The average Bonchev–Trinajstić information content (AvgIpc) is 3.25. The first-order valence-corrected chi connectivity index (χ1v) is 11.6. The molecule has 0 aliphatic rings. The van der Waals surface area contributed by atoms with E-state index in [-0.39, 0.29) is 11.8 Å². The van der Waals surface area contributed by atoms with Crippen LogP contribution in [0.2, 0.25) is 5.02 Å². The highest BCUT2D eigenvalue weighted by molar-refractivity contribution is 6.31. The summed E-state index contributed by atoms with van der Waals surface area (Å²) in [5, 5.41) is 10.5. The lowest BCUT2D eigenvalue weighted by Gasteiger charge is -2.14. The molecule has 3 aromatic carbocycles. The van der Waals surface area contributed by atoms with Crippen LogP contribution in [0.5, 0.6) is 0 Å². The van der Waals surface area contributed by atoms with Crippen LogP contribution in [-0.2, 0) is 11.2 Å². The number of benzene rings is 3. The van der Waals surface area contributed by atoms with Crippen molar-refractivity contribution in [3.63, 3.8) is 0 Å². The molecule has 0 bridgehead atoms. The zero-order chi connectivity index (χ0) is 24.8. The molecule has 1 aromatic heterocycles. The smallest absolute Gasteiger partial charge is 0.257 e. The van der Waals surface area contributed by atoms with Crippen LogP contribution in [0, 0.1) is 6.92 Å². The third-order valence-electron chi connectivity index (χ3n) is 5.55. The van der Waals surface area contributed by atoms with E-state index in [1.165, 1.54) is 6.92 Å². The van der Waals surface area contributed by atoms with Crippen molar-refractivity contribution < 1.29 is 9.59 Å². The first-order chi connectivity index (χ1) is 16.9. The summed E-state index contributed by atoms with van der Waals surface area (Å²) in [5.74, 6) is -0.170. The monoisotopic (exact) mass is 487 g/mol. The molecule has 4 aromatic rings. The van der Waals surface area contributed by atoms with Crippen LogP contribution in [-0.4, -0.2) is 29.3 Å². The SMILES string of the molecule is CC(=O)Nc1ccc(C(=O)NC(=NCCc2c[nH]c3ccccc23)Nc2cccc(Cl)c2C)cc1. The lowest BCUT2D eigenvalue weighted by molar-refractivity contribution is -0.114. The molecule has 0 atom stereocenters. The van der Waals surface area contributed by atoms with Gasteiger partial charge in [-0.2, -0.15) is 0 Å². The quantitative estimate of drug-likeness (QED) is 0.212. The number of hydrogen-bond acceptors (Lipinski definition) is 3. The second kappa shape index (κ2) is 10.9. The fourth-order valence-electron chi connectivity index (χ4n) is 3.70. The third kappa shape index (κ3) is 6.07. The highest BCUT2D eigenvalue weighted by Crippen LogP contribution is 2.23. The fourth-order valence-corrected chi connectivity index (χ4v) is 3.87. The number of amides is 2. The molecule has 0 spiro atoms. The Labute approximate surface area is 208 Å². The highest BCUT2D eigenvalue weighted by Gasteiger charge is 2.12. The number of H-pyrrole nitrogens is 1. The van der Waals surface area contributed by atoms with E-state index >= 15 is 0 Å². The molecule has 0 aliphatic heterocycles. The molecule has 0 aliphatic carbocycles. The minimum absolute atomic E-state index is 0.173. The molecule has 178 valence electrons. The number of aromatic nitrogens is 1. The van der Waals surface area contributed by atoms with Gasteiger partial charge in [0.25, 0.3) is 5.91 Å². The summed E-state index contributed by atoms with van der Waals surface area (Å²) in [5.41, 5.74) is 4.90. The molecular weight excluding hydrogens is 462 g/mol. The largest absolute Gasteiger partial charge is 0.361 e. The number of carbonyl (C=O) groups excluding carboxylic acids is 2. The van der Waals surface area contributed by atoms with Crippen LogP contribution < -0.4 is 16.0 Å². The predicted octanol–water partition coefficient (Wildman–Crippen LogP) is 5.53. The van der Waals surface area contributed by atoms with Gasteiger partial charge in [-0.1, -0.05) is 35.9 Å². The summed E-state index contributed by atoms with van der Waals surface area (Å²) >= 11 is 6.28. The maximum atomic E-state index is 12.9. The first-order valence-electron chi connectivity index (χ1n) is 11.2. The summed E-state index contributed by atoms with van der Waals surface area (Å²) in [7, 11) is 0. The zero-order valence-electron chi connectivity index (χ0n) is 19.5. The van der Waals surface area contributed by atoms with Crippen molar-refractivity contribution in [1.29, 1.82) is 0 Å². The summed E-state index contributed by atoms with van der Waals surface area (Å²) in [6.45, 7) is 3.80. The molecule has 0 fully saturated rings. The van der Waals surface area contributed by atoms with Crippen LogP contribution >= 0.6 is 11.6 Å². The van der Waals surface area contributed by atoms with Gasteiger partial charge in [0.05, 0.1) is 0 Å². The second-order valence-corrected chi connectivity index (χ2v) is 8.50. The molecule has 0 unspecified atom stereocenters. The van der Waals surface area contributed by atoms with Crippen molar-refractivity contribution >= 4 is 51.7 Å². The predicted molar refractivity (Wildman–Crippen MR) is 142 cm³/mol. The Morgan fingerprint density at radius 2 is 1.74 bits per heavy atom. The van der Waals surface area contributed by atoms with E-state index in [1.807, 2.05) is 49.5 Å². The fraction of sp³-hybridized carbons (Fsp3) is 0.148. The number of rotatable bonds is 6. The Kier molecular flexibility index (Phi) is 7.48. The maximum absolute atomic E-state index is 12.9. The molecular formula is C27H26ClN5O2. The summed E-state index contributed by atoms with van der Waals surface area (Å²) in [6.07, 6.45) is 2.69. The van der Waals surface area contributed by atoms with E-state index < -0.39 is 0 Å². The van der Waals surface area contributed by atoms with Crippen LogP contribution in [0.15, 0.2) is 77.9 Å². The molecule has 0 radical (unpaired) electrons. The van der Waals surface area contributed by atoms with Crippen molar-refractivity contribution in [2.45, 2.75) is 20.3 Å². The number of halogens is 1. The number of aromatic amines is 1. The minimum atomic E-state index is -0.322. The number of aliphatic imine (C=N–C) groups is 1. The Balaban J connectivity index is 1.52. The van der Waals surface area contributed by atoms with Gasteiger partial charge in [-0.3, -0.25) is 19.9 Å². The van der Waals surface area contributed by atoms with E-state index in [0.29, 0.717) is 35.2 Å². The van der Waals surface area contributed by atoms with Crippen molar-refractivity contribution in [2.24, 2.45) is 4.99 Å². The molecule has 4 N–H and O–H groups in total. The topological polar surface area (TPSA) is 98.4 Å². The van der Waals surface area contributed by atoms with Crippen LogP contribution in [0.4, 0.5) is 11.4 Å². The van der Waals surface area contributed by atoms with E-state index in [4.69, 9.17) is 11.6 Å². The van der Waals surface area contributed by atoms with Crippen molar-refractivity contribution in [3.05, 3.63) is 94.6 Å². The van der Waals surface area contributed by atoms with Crippen LogP contribution in [0.25, 0.3) is 10.9 Å². The van der Waals surface area contributed by atoms with Crippen molar-refractivity contribution in [1.82, 2.24) is 10.3 Å². The van der Waals surface area contributed by atoms with Gasteiger partial charge in [-0.25, -0.2) is 0 Å². The zero-order valence-corrected chi connectivity index (χ0v) is 20.2. The lowest BCUT2D eigenvalue weighted by atomic mass is 10.1. The number of guanidine groups is 1. The van der Waals surface area contributed by atoms with Gasteiger partial charge >= 0.3 is 0 Å². The molecule has 1 heterocycles. The van der Waals surface area contributed by atoms with Crippen LogP contribution in [0.3, 0.4) is 0 Å². The number of hydrogen-bond donors (Lipinski definition) is 4. The van der Waals surface area contributed by atoms with Gasteiger partial charge in [0.1, 0.15) is 0 Å². The molecule has 4 rings (SSSR count). The number of nitrogens with zero attached hydrogens (tertiary/aromatic N) is 1. The molecule has 0 saturated heterocycles. The van der Waals surface area contributed by atoms with E-state index in [9.17, 15) is 9.59 Å². The van der Waals surface area contributed by atoms with Gasteiger partial charge < -0.3 is 15.6 Å². The van der Waals surface area contributed by atoms with Gasteiger partial charge in [0, 0.05) is 52.5 Å². The Hall–Kier alpha value is -4.10. The Bertz CT molecular complexity index is 1390. The minimum Gasteiger partial charge on any atom is -0.361 e. The Morgan fingerprint density at radius 1 is 0.971 bits per heavy atom. The summed E-state index contributed by atoms with van der Waals surface area (Å²) in [4.78, 5) is 32.1. The van der Waals surface area contributed by atoms with Gasteiger partial charge in [-0.05, 0) is 66.9 Å². The second-order valence-electron chi connectivity index (χ2n) is 8.09. The maximum Gasteiger partial charge on any atom is 0.257 e. The van der Waals surface area contributed by atoms with E-state index in [2.05, 4.69) is 32.0 Å². The van der Waals surface area contributed by atoms with Gasteiger partial charge in [0.2, 0.25) is 11.9 Å². The molecule has 8 heteroatoms. The average molecular weight is 488 g/mol. The Morgan fingerprint density at radius 3 is 2.51 bits per heavy atom. The third-order valence-corrected chi connectivity index (χ3v) is 5.96. The normalized spacial score (nSPS) is 11.3. The van der Waals surface area contributed by atoms with E-state index in [0.717, 1.165) is 27.7 Å². The van der Waals surface area contributed by atoms with Gasteiger partial charge in [-0.15, -0.1) is 0 Å². The molecule has 2 amide bonds. The lowest BCUT2D eigenvalue weighted by Crippen LogP contribution is -2.36. The number of carbonyl (C=O) groups is 2. The molecule has 35 heavy (non-hydrogen) atoms. The number of para-hydroxylation sites is 1. The highest BCUT2D eigenvalue weighted by atomic mass is 35.5. The molecule has 7 nitrogen and oxygen atoms in total. The number of fused-ring (bicyclic) bond motifs is 1. The standard InChI is InChI=1S/C27H26ClN5O2/c1-17-23(28)7-5-9-24(17)32-27(29-15-14-20-16-30-25-8-4-3-6-22(20)25)33-26(35)19-10-12-21(13-11-19)31-18(2)34/h3-13,16,30H,14-15H2,1-2H3,(H,31,34)(H2,29,32,33,35). The molecule has 0 saturated carbocycles. The van der Waals surface area contributed by atoms with E-state index in [1.54, 1.807) is 24.3 Å². The van der Waals surface area contributed by atoms with Gasteiger partial charge in [0.15, 0.2) is 0 Å². The number of nitrogens with one attached hydrogen (secondary N) is 4. The first kappa shape index (κ1) is 24.0. The number of anilines is 2. The van der Waals surface area contributed by atoms with Crippen molar-refractivity contribution in [3.8, 4) is 0 Å². The summed E-state index contributed by atoms with van der Waals surface area (Å²) in [6, 6.07) is 20.3. The van der Waals surface area contributed by atoms with Crippen molar-refractivity contribution in [2.75, 3.05) is 17.2 Å². The van der Waals surface area contributed by atoms with Crippen LogP contribution in [0.1, 0.15) is 28.4 Å².